The molecule has 0 radical (unpaired) electrons. The maximum absolute atomic E-state index is 15.3. The molecule has 0 spiro atoms. The molecule has 4 heterocycles. The first-order valence-corrected chi connectivity index (χ1v) is 12.7. The van der Waals surface area contributed by atoms with E-state index in [1.165, 1.54) is 24.4 Å². The largest absolute Gasteiger partial charge is 0.434 e. The Balaban J connectivity index is 1.31. The number of ether oxygens (including phenoxy) is 1. The zero-order chi connectivity index (χ0) is 28.0. The molecule has 202 valence electrons. The van der Waals surface area contributed by atoms with Crippen LogP contribution in [0.3, 0.4) is 0 Å². The summed E-state index contributed by atoms with van der Waals surface area (Å²) in [6, 6.07) is 9.27. The SMILES string of the molecule is CC1(C#N)CC(N)(c2ncc(-c3ccn4nc5c(c4n3)[C@@H]3C[C@H]5NC(=O)c4cccc(OC(F)F)c43)cc2F)C1. The molecule has 3 N–H and O–H groups in total. The number of carbonyl (C=O) groups is 1. The first-order valence-electron chi connectivity index (χ1n) is 12.7. The van der Waals surface area contributed by atoms with Crippen molar-refractivity contribution in [3.63, 3.8) is 0 Å². The number of rotatable bonds is 4. The van der Waals surface area contributed by atoms with E-state index < -0.39 is 35.3 Å². The summed E-state index contributed by atoms with van der Waals surface area (Å²) in [6.07, 6.45) is 4.20. The van der Waals surface area contributed by atoms with Crippen molar-refractivity contribution in [2.24, 2.45) is 11.1 Å². The number of nitrogens with two attached hydrogens (primary N) is 1. The molecule has 40 heavy (non-hydrogen) atoms. The summed E-state index contributed by atoms with van der Waals surface area (Å²) in [5.74, 6) is -1.53. The van der Waals surface area contributed by atoms with E-state index in [0.29, 0.717) is 53.0 Å². The van der Waals surface area contributed by atoms with Gasteiger partial charge in [-0.3, -0.25) is 9.78 Å². The number of hydrogen-bond donors (Lipinski definition) is 2. The lowest BCUT2D eigenvalue weighted by atomic mass is 9.58. The summed E-state index contributed by atoms with van der Waals surface area (Å²) in [4.78, 5) is 22.0. The number of nitriles is 1. The van der Waals surface area contributed by atoms with Crippen LogP contribution in [0.2, 0.25) is 0 Å². The minimum atomic E-state index is -3.06. The van der Waals surface area contributed by atoms with Gasteiger partial charge in [-0.2, -0.15) is 19.1 Å². The molecular formula is C28H22F3N7O2. The van der Waals surface area contributed by atoms with Crippen molar-refractivity contribution in [3.05, 3.63) is 76.6 Å². The second-order valence-corrected chi connectivity index (χ2v) is 11.0. The highest BCUT2D eigenvalue weighted by Gasteiger charge is 2.53. The second-order valence-electron chi connectivity index (χ2n) is 11.0. The van der Waals surface area contributed by atoms with Crippen molar-refractivity contribution < 1.29 is 22.7 Å². The van der Waals surface area contributed by atoms with Crippen LogP contribution < -0.4 is 15.8 Å². The van der Waals surface area contributed by atoms with Gasteiger partial charge in [0, 0.05) is 40.6 Å². The zero-order valence-corrected chi connectivity index (χ0v) is 21.2. The Morgan fingerprint density at radius 2 is 2.08 bits per heavy atom. The smallest absolute Gasteiger partial charge is 0.387 e. The standard InChI is InChI=1S/C28H22F3N7O2/c1-27(12-32)10-28(33,11-27)23-16(29)7-13(9-34-23)17-5-6-38-24(35-17)21-15-8-18(22(21)37-38)36-25(39)14-3-2-4-19(20(14)15)40-26(30)31/h2-7,9,15,18,26H,8,10-11,33H2,1H3,(H,36,39)/t15-,18-,27?,28?/m1/s1. The van der Waals surface area contributed by atoms with Crippen LogP contribution in [0.15, 0.2) is 42.7 Å². The molecule has 1 saturated carbocycles. The average Bonchev–Trinajstić information content (AvgIpc) is 3.39. The van der Waals surface area contributed by atoms with Crippen LogP contribution in [0.25, 0.3) is 16.9 Å². The third-order valence-electron chi connectivity index (χ3n) is 8.17. The summed E-state index contributed by atoms with van der Waals surface area (Å²) in [5.41, 5.74) is 8.06. The topological polar surface area (TPSA) is 131 Å². The highest BCUT2D eigenvalue weighted by atomic mass is 19.3. The van der Waals surface area contributed by atoms with Gasteiger partial charge in [0.25, 0.3) is 5.91 Å². The number of pyridine rings is 1. The van der Waals surface area contributed by atoms with E-state index in [1.54, 1.807) is 29.8 Å². The van der Waals surface area contributed by atoms with Crippen LogP contribution in [-0.2, 0) is 5.54 Å². The van der Waals surface area contributed by atoms with Crippen molar-refractivity contribution in [1.29, 1.82) is 5.26 Å². The lowest BCUT2D eigenvalue weighted by Crippen LogP contribution is -2.54. The molecule has 2 bridgehead atoms. The molecular weight excluding hydrogens is 523 g/mol. The van der Waals surface area contributed by atoms with E-state index in [9.17, 15) is 18.8 Å². The molecule has 2 atom stereocenters. The number of carbonyl (C=O) groups excluding carboxylic acids is 1. The van der Waals surface area contributed by atoms with Crippen LogP contribution in [0, 0.1) is 22.6 Å². The molecule has 9 nitrogen and oxygen atoms in total. The summed E-state index contributed by atoms with van der Waals surface area (Å²) >= 11 is 0. The quantitative estimate of drug-likeness (QED) is 0.390. The molecule has 1 amide bonds. The van der Waals surface area contributed by atoms with Gasteiger partial charge < -0.3 is 15.8 Å². The number of halogens is 3. The lowest BCUT2D eigenvalue weighted by Gasteiger charge is -2.48. The van der Waals surface area contributed by atoms with Crippen LogP contribution in [0.1, 0.15) is 71.0 Å². The van der Waals surface area contributed by atoms with Gasteiger partial charge in [-0.25, -0.2) is 13.9 Å². The van der Waals surface area contributed by atoms with Crippen molar-refractivity contribution in [2.45, 2.75) is 50.3 Å². The zero-order valence-electron chi connectivity index (χ0n) is 21.2. The second kappa shape index (κ2) is 8.25. The summed E-state index contributed by atoms with van der Waals surface area (Å²) < 4.78 is 48.2. The fourth-order valence-corrected chi connectivity index (χ4v) is 6.64. The molecule has 2 aliphatic carbocycles. The van der Waals surface area contributed by atoms with Gasteiger partial charge in [0.15, 0.2) is 5.65 Å². The lowest BCUT2D eigenvalue weighted by molar-refractivity contribution is -0.0505. The van der Waals surface area contributed by atoms with Gasteiger partial charge in [-0.1, -0.05) is 6.07 Å². The van der Waals surface area contributed by atoms with Crippen molar-refractivity contribution in [2.75, 3.05) is 0 Å². The van der Waals surface area contributed by atoms with Crippen LogP contribution in [0.4, 0.5) is 13.2 Å². The molecule has 1 aromatic carbocycles. The van der Waals surface area contributed by atoms with E-state index in [4.69, 9.17) is 15.5 Å². The number of nitrogens with one attached hydrogen (secondary N) is 1. The van der Waals surface area contributed by atoms with Gasteiger partial charge in [0.1, 0.15) is 11.6 Å². The fraction of sp³-hybridized carbons (Fsp3) is 0.321. The number of amides is 1. The molecule has 3 aliphatic rings. The van der Waals surface area contributed by atoms with E-state index in [0.717, 1.165) is 0 Å². The Hall–Kier alpha value is -4.50. The minimum absolute atomic E-state index is 0.0716. The molecule has 12 heteroatoms. The van der Waals surface area contributed by atoms with Gasteiger partial charge in [-0.05, 0) is 50.5 Å². The number of hydrogen-bond acceptors (Lipinski definition) is 7. The van der Waals surface area contributed by atoms with Crippen LogP contribution in [0.5, 0.6) is 5.75 Å². The van der Waals surface area contributed by atoms with Crippen LogP contribution in [-0.4, -0.2) is 32.1 Å². The van der Waals surface area contributed by atoms with Crippen LogP contribution >= 0.6 is 0 Å². The van der Waals surface area contributed by atoms with Crippen molar-refractivity contribution in [1.82, 2.24) is 24.9 Å². The number of nitrogens with zero attached hydrogens (tertiary/aromatic N) is 5. The highest BCUT2D eigenvalue weighted by molar-refractivity contribution is 5.98. The third kappa shape index (κ3) is 3.50. The van der Waals surface area contributed by atoms with Crippen molar-refractivity contribution >= 4 is 11.6 Å². The predicted molar refractivity (Wildman–Crippen MR) is 135 cm³/mol. The summed E-state index contributed by atoms with van der Waals surface area (Å²) in [5, 5.41) is 16.9. The maximum atomic E-state index is 15.3. The number of fused-ring (bicyclic) bond motifs is 9. The first-order chi connectivity index (χ1) is 19.1. The molecule has 0 saturated heterocycles. The predicted octanol–water partition coefficient (Wildman–Crippen LogP) is 4.33. The molecule has 7 rings (SSSR count). The molecule has 3 aromatic heterocycles. The third-order valence-corrected chi connectivity index (χ3v) is 8.17. The molecule has 4 aromatic rings. The monoisotopic (exact) mass is 545 g/mol. The van der Waals surface area contributed by atoms with E-state index >= 15 is 4.39 Å². The van der Waals surface area contributed by atoms with Gasteiger partial charge in [0.05, 0.1) is 40.1 Å². The van der Waals surface area contributed by atoms with Gasteiger partial charge in [-0.15, -0.1) is 0 Å². The Kier molecular flexibility index (Phi) is 5.06. The molecule has 1 aliphatic heterocycles. The number of benzene rings is 1. The Bertz CT molecular complexity index is 1770. The summed E-state index contributed by atoms with van der Waals surface area (Å²) in [6.45, 7) is -1.27. The number of alkyl halides is 2. The maximum Gasteiger partial charge on any atom is 0.387 e. The normalized spacial score (nSPS) is 26.5. The Labute approximate surface area is 225 Å². The van der Waals surface area contributed by atoms with Gasteiger partial charge >= 0.3 is 6.61 Å². The van der Waals surface area contributed by atoms with E-state index in [1.807, 2.05) is 0 Å². The summed E-state index contributed by atoms with van der Waals surface area (Å²) in [7, 11) is 0. The van der Waals surface area contributed by atoms with E-state index in [2.05, 4.69) is 21.5 Å². The first kappa shape index (κ1) is 24.5. The fourth-order valence-electron chi connectivity index (χ4n) is 6.64. The minimum Gasteiger partial charge on any atom is -0.434 e. The molecule has 0 unspecified atom stereocenters. The number of aromatic nitrogens is 4. The molecule has 1 fully saturated rings. The van der Waals surface area contributed by atoms with E-state index in [-0.39, 0.29) is 22.9 Å². The van der Waals surface area contributed by atoms with Crippen molar-refractivity contribution in [3.8, 4) is 23.1 Å². The Morgan fingerprint density at radius 3 is 2.80 bits per heavy atom. The highest BCUT2D eigenvalue weighted by Crippen LogP contribution is 2.53. The van der Waals surface area contributed by atoms with Gasteiger partial charge in [0.2, 0.25) is 0 Å². The average molecular weight is 546 g/mol. The Morgan fingerprint density at radius 1 is 1.27 bits per heavy atom.